The molecule has 1 saturated heterocycles. The third-order valence-corrected chi connectivity index (χ3v) is 2.79. The number of hydrazine groups is 1. The number of nitrogens with zero attached hydrogens (tertiary/aromatic N) is 3. The van der Waals surface area contributed by atoms with Crippen LogP contribution in [-0.2, 0) is 4.74 Å². The summed E-state index contributed by atoms with van der Waals surface area (Å²) in [6.45, 7) is 3.79. The zero-order valence-electron chi connectivity index (χ0n) is 9.41. The Bertz CT molecular complexity index is 305. The number of aromatic nitrogens is 2. The van der Waals surface area contributed by atoms with Gasteiger partial charge in [-0.25, -0.2) is 5.01 Å². The average molecular weight is 260 g/mol. The Labute approximate surface area is 104 Å². The molecule has 2 N–H and O–H groups in total. The van der Waals surface area contributed by atoms with Gasteiger partial charge in [-0.1, -0.05) is 0 Å². The van der Waals surface area contributed by atoms with Crippen LogP contribution in [0.15, 0.2) is 6.20 Å². The number of ether oxygens (including phenoxy) is 2. The molecule has 17 heavy (non-hydrogen) atoms. The predicted molar refractivity (Wildman–Crippen MR) is 61.8 cm³/mol. The molecule has 1 aliphatic rings. The smallest absolute Gasteiger partial charge is 0.245 e. The molecular weight excluding hydrogens is 244 g/mol. The van der Waals surface area contributed by atoms with Crippen LogP contribution >= 0.6 is 11.7 Å². The highest BCUT2D eigenvalue weighted by Gasteiger charge is 2.12. The van der Waals surface area contributed by atoms with E-state index in [1.54, 1.807) is 0 Å². The fraction of sp³-hybridized carbons (Fsp3) is 0.778. The van der Waals surface area contributed by atoms with Crippen molar-refractivity contribution in [1.29, 1.82) is 0 Å². The molecule has 1 aliphatic heterocycles. The molecule has 7 nitrogen and oxygen atoms in total. The first-order valence-electron chi connectivity index (χ1n) is 5.49. The first-order valence-corrected chi connectivity index (χ1v) is 6.22. The van der Waals surface area contributed by atoms with Crippen molar-refractivity contribution >= 4 is 11.7 Å². The van der Waals surface area contributed by atoms with Gasteiger partial charge in [0.05, 0.1) is 24.9 Å². The second-order valence-corrected chi connectivity index (χ2v) is 4.23. The summed E-state index contributed by atoms with van der Waals surface area (Å²) in [5.41, 5.74) is 3.14. The van der Waals surface area contributed by atoms with Crippen LogP contribution in [0.25, 0.3) is 0 Å². The first-order chi connectivity index (χ1) is 8.34. The Morgan fingerprint density at radius 3 is 3.12 bits per heavy atom. The van der Waals surface area contributed by atoms with Gasteiger partial charge >= 0.3 is 0 Å². The van der Waals surface area contributed by atoms with E-state index in [9.17, 15) is 5.11 Å². The lowest BCUT2D eigenvalue weighted by Crippen LogP contribution is -2.48. The van der Waals surface area contributed by atoms with Gasteiger partial charge in [0.1, 0.15) is 18.9 Å². The van der Waals surface area contributed by atoms with Crippen LogP contribution in [0.1, 0.15) is 0 Å². The van der Waals surface area contributed by atoms with Crippen LogP contribution in [0.5, 0.6) is 5.88 Å². The Kier molecular flexibility index (Phi) is 5.08. The maximum absolute atomic E-state index is 9.69. The summed E-state index contributed by atoms with van der Waals surface area (Å²) in [7, 11) is 0. The molecule has 2 heterocycles. The van der Waals surface area contributed by atoms with E-state index in [1.807, 2.05) is 5.01 Å². The third-order valence-electron chi connectivity index (χ3n) is 2.33. The fourth-order valence-corrected chi connectivity index (χ4v) is 1.78. The maximum atomic E-state index is 9.69. The van der Waals surface area contributed by atoms with Crippen molar-refractivity contribution in [2.24, 2.45) is 0 Å². The van der Waals surface area contributed by atoms with Crippen molar-refractivity contribution in [1.82, 2.24) is 19.2 Å². The Balaban J connectivity index is 1.58. The van der Waals surface area contributed by atoms with Gasteiger partial charge in [-0.3, -0.25) is 5.43 Å². The maximum Gasteiger partial charge on any atom is 0.245 e. The number of aliphatic hydroxyl groups excluding tert-OH is 1. The number of morpholine rings is 1. The molecule has 0 aliphatic carbocycles. The predicted octanol–water partition coefficient (Wildman–Crippen LogP) is -0.885. The van der Waals surface area contributed by atoms with E-state index in [0.717, 1.165) is 38.0 Å². The number of rotatable bonds is 6. The van der Waals surface area contributed by atoms with Crippen LogP contribution < -0.4 is 10.2 Å². The lowest BCUT2D eigenvalue weighted by Gasteiger charge is -2.28. The first kappa shape index (κ1) is 12.7. The number of hydrogen-bond donors (Lipinski definition) is 2. The number of nitrogens with one attached hydrogen (secondary N) is 1. The largest absolute Gasteiger partial charge is 0.473 e. The van der Waals surface area contributed by atoms with Gasteiger partial charge in [-0.15, -0.1) is 4.37 Å². The van der Waals surface area contributed by atoms with Gasteiger partial charge in [0.25, 0.3) is 0 Å². The minimum Gasteiger partial charge on any atom is -0.473 e. The Hall–Kier alpha value is -0.800. The second kappa shape index (κ2) is 6.82. The van der Waals surface area contributed by atoms with Crippen molar-refractivity contribution in [2.45, 2.75) is 6.10 Å². The fourth-order valence-electron chi connectivity index (χ4n) is 1.42. The van der Waals surface area contributed by atoms with Crippen LogP contribution in [0, 0.1) is 0 Å². The van der Waals surface area contributed by atoms with Crippen LogP contribution in [0.4, 0.5) is 0 Å². The summed E-state index contributed by atoms with van der Waals surface area (Å²) in [6.07, 6.45) is 0.965. The van der Waals surface area contributed by atoms with E-state index in [1.165, 1.54) is 6.20 Å². The zero-order chi connectivity index (χ0) is 11.9. The minimum atomic E-state index is -0.570. The molecule has 8 heteroatoms. The molecule has 1 aromatic heterocycles. The van der Waals surface area contributed by atoms with E-state index in [-0.39, 0.29) is 6.61 Å². The standard InChI is InChI=1S/C9H16N4O3S/c14-8(7-16-9-6-11-17-12-9)5-10-13-1-3-15-4-2-13/h6,8,10,14H,1-5,7H2. The van der Waals surface area contributed by atoms with Crippen LogP contribution in [0.2, 0.25) is 0 Å². The molecule has 1 atom stereocenters. The van der Waals surface area contributed by atoms with Gasteiger partial charge in [-0.05, 0) is 0 Å². The Morgan fingerprint density at radius 2 is 2.41 bits per heavy atom. The number of hydrogen-bond acceptors (Lipinski definition) is 8. The third kappa shape index (κ3) is 4.52. The topological polar surface area (TPSA) is 79.7 Å². The average Bonchev–Trinajstić information content (AvgIpc) is 2.88. The molecule has 0 spiro atoms. The summed E-state index contributed by atoms with van der Waals surface area (Å²) >= 11 is 1.08. The number of aliphatic hydroxyl groups is 1. The SMILES string of the molecule is OC(CNN1CCOCC1)COc1cnsn1. The summed E-state index contributed by atoms with van der Waals surface area (Å²) in [5, 5.41) is 11.7. The van der Waals surface area contributed by atoms with Crippen molar-refractivity contribution in [3.05, 3.63) is 6.20 Å². The summed E-state index contributed by atoms with van der Waals surface area (Å²) in [4.78, 5) is 0. The van der Waals surface area contributed by atoms with Crippen molar-refractivity contribution < 1.29 is 14.6 Å². The molecule has 96 valence electrons. The van der Waals surface area contributed by atoms with E-state index in [4.69, 9.17) is 9.47 Å². The van der Waals surface area contributed by atoms with Crippen molar-refractivity contribution in [2.75, 3.05) is 39.5 Å². The van der Waals surface area contributed by atoms with E-state index in [0.29, 0.717) is 12.4 Å². The van der Waals surface area contributed by atoms with Crippen LogP contribution in [0.3, 0.4) is 0 Å². The van der Waals surface area contributed by atoms with Gasteiger partial charge in [0.15, 0.2) is 0 Å². The van der Waals surface area contributed by atoms with E-state index in [2.05, 4.69) is 14.2 Å². The summed E-state index contributed by atoms with van der Waals surface area (Å²) in [6, 6.07) is 0. The van der Waals surface area contributed by atoms with Gasteiger partial charge < -0.3 is 14.6 Å². The van der Waals surface area contributed by atoms with Gasteiger partial charge in [0, 0.05) is 19.6 Å². The van der Waals surface area contributed by atoms with E-state index < -0.39 is 6.10 Å². The molecule has 0 radical (unpaired) electrons. The summed E-state index contributed by atoms with van der Waals surface area (Å²) < 4.78 is 18.2. The molecule has 0 saturated carbocycles. The highest BCUT2D eigenvalue weighted by molar-refractivity contribution is 6.99. The highest BCUT2D eigenvalue weighted by Crippen LogP contribution is 2.05. The quantitative estimate of drug-likeness (QED) is 0.687. The molecule has 1 unspecified atom stereocenters. The van der Waals surface area contributed by atoms with Gasteiger partial charge in [0.2, 0.25) is 5.88 Å². The van der Waals surface area contributed by atoms with Crippen molar-refractivity contribution in [3.8, 4) is 5.88 Å². The Morgan fingerprint density at radius 1 is 1.59 bits per heavy atom. The van der Waals surface area contributed by atoms with Gasteiger partial charge in [-0.2, -0.15) is 4.37 Å². The lowest BCUT2D eigenvalue weighted by molar-refractivity contribution is -0.000938. The zero-order valence-corrected chi connectivity index (χ0v) is 10.2. The second-order valence-electron chi connectivity index (χ2n) is 3.67. The molecule has 0 amide bonds. The van der Waals surface area contributed by atoms with Crippen molar-refractivity contribution in [3.63, 3.8) is 0 Å². The molecule has 2 rings (SSSR count). The molecule has 0 bridgehead atoms. The highest BCUT2D eigenvalue weighted by atomic mass is 32.1. The molecule has 1 aromatic rings. The minimum absolute atomic E-state index is 0.211. The van der Waals surface area contributed by atoms with Crippen LogP contribution in [-0.4, -0.2) is 64.4 Å². The molecule has 0 aromatic carbocycles. The molecule has 1 fully saturated rings. The monoisotopic (exact) mass is 260 g/mol. The van der Waals surface area contributed by atoms with E-state index >= 15 is 0 Å². The normalized spacial score (nSPS) is 19.1. The lowest BCUT2D eigenvalue weighted by atomic mass is 10.4. The molecular formula is C9H16N4O3S. The summed E-state index contributed by atoms with van der Waals surface area (Å²) in [5.74, 6) is 0.459.